The molecule has 2 aromatic heterocycles. The summed E-state index contributed by atoms with van der Waals surface area (Å²) >= 11 is 1.09. The summed E-state index contributed by atoms with van der Waals surface area (Å²) in [5.41, 5.74) is 0.208. The summed E-state index contributed by atoms with van der Waals surface area (Å²) in [4.78, 5) is 29.7. The largest absolute Gasteiger partial charge is 0.462 e. The lowest BCUT2D eigenvalue weighted by Crippen LogP contribution is -2.24. The van der Waals surface area contributed by atoms with Crippen molar-refractivity contribution in [1.82, 2.24) is 9.55 Å². The minimum atomic E-state index is -1.20. The van der Waals surface area contributed by atoms with Crippen LogP contribution >= 0.6 is 11.3 Å². The van der Waals surface area contributed by atoms with Crippen LogP contribution in [0.25, 0.3) is 10.2 Å². The molecule has 0 saturated heterocycles. The Bertz CT molecular complexity index is 1030. The summed E-state index contributed by atoms with van der Waals surface area (Å²) in [5.74, 6) is -1.04. The van der Waals surface area contributed by atoms with Gasteiger partial charge in [-0.1, -0.05) is 18.2 Å². The van der Waals surface area contributed by atoms with E-state index in [-0.39, 0.29) is 18.7 Å². The maximum atomic E-state index is 13.8. The van der Waals surface area contributed by atoms with E-state index >= 15 is 0 Å². The second-order valence-electron chi connectivity index (χ2n) is 5.70. The molecular formula is C18H17FN2O4S. The Labute approximate surface area is 152 Å². The smallest absolute Gasteiger partial charge is 0.348 e. The molecule has 0 saturated carbocycles. The van der Waals surface area contributed by atoms with Crippen molar-refractivity contribution in [3.63, 3.8) is 0 Å². The van der Waals surface area contributed by atoms with Gasteiger partial charge in [-0.25, -0.2) is 14.2 Å². The summed E-state index contributed by atoms with van der Waals surface area (Å²) in [6.07, 6.45) is 0.0937. The number of hydrogen-bond donors (Lipinski definition) is 1. The van der Waals surface area contributed by atoms with E-state index in [0.29, 0.717) is 20.7 Å². The molecule has 0 radical (unpaired) electrons. The molecule has 0 spiro atoms. The van der Waals surface area contributed by atoms with E-state index < -0.39 is 23.4 Å². The number of nitrogens with zero attached hydrogens (tertiary/aromatic N) is 2. The first-order chi connectivity index (χ1) is 12.4. The Balaban J connectivity index is 1.99. The van der Waals surface area contributed by atoms with Gasteiger partial charge in [0.25, 0.3) is 5.56 Å². The van der Waals surface area contributed by atoms with E-state index in [1.807, 2.05) is 0 Å². The summed E-state index contributed by atoms with van der Waals surface area (Å²) in [7, 11) is 0. The number of rotatable bonds is 5. The van der Waals surface area contributed by atoms with Gasteiger partial charge in [-0.15, -0.1) is 11.3 Å². The van der Waals surface area contributed by atoms with E-state index in [1.165, 1.54) is 29.1 Å². The van der Waals surface area contributed by atoms with Crippen LogP contribution in [0.2, 0.25) is 0 Å². The van der Waals surface area contributed by atoms with Gasteiger partial charge in [0.05, 0.1) is 31.0 Å². The first kappa shape index (κ1) is 18.2. The number of aliphatic hydroxyl groups is 1. The number of benzene rings is 1. The van der Waals surface area contributed by atoms with Crippen LogP contribution in [0.15, 0.2) is 35.4 Å². The number of halogens is 1. The topological polar surface area (TPSA) is 81.4 Å². The SMILES string of the molecule is CCOC(=O)c1sc2ncn(CC(O)c3ccccc3F)c(=O)c2c1C. The maximum Gasteiger partial charge on any atom is 0.348 e. The zero-order chi connectivity index (χ0) is 18.8. The number of ether oxygens (including phenoxy) is 1. The molecule has 0 bridgehead atoms. The van der Waals surface area contributed by atoms with Gasteiger partial charge in [0.1, 0.15) is 15.5 Å². The Hall–Kier alpha value is -2.58. The van der Waals surface area contributed by atoms with Gasteiger partial charge in [-0.2, -0.15) is 0 Å². The molecule has 26 heavy (non-hydrogen) atoms. The molecule has 0 aliphatic rings. The molecular weight excluding hydrogens is 359 g/mol. The van der Waals surface area contributed by atoms with Crippen molar-refractivity contribution in [2.75, 3.05) is 6.61 Å². The van der Waals surface area contributed by atoms with Crippen molar-refractivity contribution in [3.05, 3.63) is 62.8 Å². The maximum absolute atomic E-state index is 13.8. The van der Waals surface area contributed by atoms with Crippen LogP contribution in [0.5, 0.6) is 0 Å². The number of thiophene rings is 1. The fraction of sp³-hybridized carbons (Fsp3) is 0.278. The predicted octanol–water partition coefficient (Wildman–Crippen LogP) is 2.82. The van der Waals surface area contributed by atoms with Crippen LogP contribution in [-0.2, 0) is 11.3 Å². The highest BCUT2D eigenvalue weighted by Gasteiger charge is 2.21. The second kappa shape index (κ2) is 7.35. The molecule has 0 fully saturated rings. The highest BCUT2D eigenvalue weighted by Crippen LogP contribution is 2.27. The Morgan fingerprint density at radius 2 is 2.15 bits per heavy atom. The summed E-state index contributed by atoms with van der Waals surface area (Å²) in [6, 6.07) is 5.85. The highest BCUT2D eigenvalue weighted by molar-refractivity contribution is 7.20. The third-order valence-electron chi connectivity index (χ3n) is 4.01. The third-order valence-corrected chi connectivity index (χ3v) is 5.19. The number of hydrogen-bond acceptors (Lipinski definition) is 6. The monoisotopic (exact) mass is 376 g/mol. The lowest BCUT2D eigenvalue weighted by molar-refractivity contribution is 0.0531. The van der Waals surface area contributed by atoms with E-state index in [2.05, 4.69) is 4.98 Å². The van der Waals surface area contributed by atoms with Gasteiger partial charge in [0.15, 0.2) is 0 Å². The zero-order valence-corrected chi connectivity index (χ0v) is 15.0. The summed E-state index contributed by atoms with van der Waals surface area (Å²) in [5, 5.41) is 10.6. The van der Waals surface area contributed by atoms with Gasteiger partial charge < -0.3 is 9.84 Å². The minimum absolute atomic E-state index is 0.105. The molecule has 1 N–H and O–H groups in total. The third kappa shape index (κ3) is 3.25. The number of carbonyl (C=O) groups excluding carboxylic acids is 1. The summed E-state index contributed by atoms with van der Waals surface area (Å²) < 4.78 is 20.0. The average molecular weight is 376 g/mol. The lowest BCUT2D eigenvalue weighted by Gasteiger charge is -2.13. The molecule has 3 aromatic rings. The number of carbonyl (C=O) groups is 1. The normalized spacial score (nSPS) is 12.3. The van der Waals surface area contributed by atoms with Crippen LogP contribution in [0.1, 0.15) is 33.8 Å². The molecule has 1 aromatic carbocycles. The predicted molar refractivity (Wildman–Crippen MR) is 95.9 cm³/mol. The molecule has 1 atom stereocenters. The van der Waals surface area contributed by atoms with Crippen LogP contribution in [-0.4, -0.2) is 27.2 Å². The molecule has 8 heteroatoms. The average Bonchev–Trinajstić information content (AvgIpc) is 2.95. The summed E-state index contributed by atoms with van der Waals surface area (Å²) in [6.45, 7) is 3.45. The molecule has 136 valence electrons. The number of aliphatic hydroxyl groups excluding tert-OH is 1. The molecule has 1 unspecified atom stereocenters. The Morgan fingerprint density at radius 1 is 1.42 bits per heavy atom. The van der Waals surface area contributed by atoms with Crippen LogP contribution in [0, 0.1) is 12.7 Å². The first-order valence-corrected chi connectivity index (χ1v) is 8.83. The minimum Gasteiger partial charge on any atom is -0.462 e. The molecule has 0 amide bonds. The quantitative estimate of drug-likeness (QED) is 0.693. The number of esters is 1. The van der Waals surface area contributed by atoms with Crippen LogP contribution in [0.3, 0.4) is 0 Å². The molecule has 6 nitrogen and oxygen atoms in total. The highest BCUT2D eigenvalue weighted by atomic mass is 32.1. The molecule has 0 aliphatic heterocycles. The lowest BCUT2D eigenvalue weighted by atomic mass is 10.1. The fourth-order valence-electron chi connectivity index (χ4n) is 2.71. The van der Waals surface area contributed by atoms with Crippen molar-refractivity contribution in [3.8, 4) is 0 Å². The first-order valence-electron chi connectivity index (χ1n) is 8.02. The Kier molecular flexibility index (Phi) is 5.15. The van der Waals surface area contributed by atoms with Gasteiger partial charge in [0, 0.05) is 5.56 Å². The fourth-order valence-corrected chi connectivity index (χ4v) is 3.74. The molecule has 2 heterocycles. The van der Waals surface area contributed by atoms with E-state index in [1.54, 1.807) is 19.9 Å². The number of fused-ring (bicyclic) bond motifs is 1. The molecule has 0 aliphatic carbocycles. The number of aromatic nitrogens is 2. The van der Waals surface area contributed by atoms with Crippen molar-refractivity contribution in [2.24, 2.45) is 0 Å². The zero-order valence-electron chi connectivity index (χ0n) is 14.2. The molecule has 3 rings (SSSR count). The van der Waals surface area contributed by atoms with Gasteiger partial charge in [-0.3, -0.25) is 9.36 Å². The van der Waals surface area contributed by atoms with Crippen molar-refractivity contribution < 1.29 is 19.0 Å². The van der Waals surface area contributed by atoms with E-state index in [0.717, 1.165) is 11.3 Å². The van der Waals surface area contributed by atoms with Crippen molar-refractivity contribution in [1.29, 1.82) is 0 Å². The van der Waals surface area contributed by atoms with E-state index in [4.69, 9.17) is 4.74 Å². The second-order valence-corrected chi connectivity index (χ2v) is 6.70. The van der Waals surface area contributed by atoms with Crippen LogP contribution in [0.4, 0.5) is 4.39 Å². The van der Waals surface area contributed by atoms with Crippen molar-refractivity contribution in [2.45, 2.75) is 26.5 Å². The standard InChI is InChI=1S/C18H17FN2O4S/c1-3-25-18(24)15-10(2)14-16(26-15)20-9-21(17(14)23)8-13(22)11-6-4-5-7-12(11)19/h4-7,9,13,22H,3,8H2,1-2H3. The van der Waals surface area contributed by atoms with Crippen molar-refractivity contribution >= 4 is 27.5 Å². The number of aryl methyl sites for hydroxylation is 1. The Morgan fingerprint density at radius 3 is 2.85 bits per heavy atom. The van der Waals surface area contributed by atoms with Gasteiger partial charge in [-0.05, 0) is 25.5 Å². The van der Waals surface area contributed by atoms with Gasteiger partial charge in [0.2, 0.25) is 0 Å². The van der Waals surface area contributed by atoms with Crippen LogP contribution < -0.4 is 5.56 Å². The van der Waals surface area contributed by atoms with E-state index in [9.17, 15) is 19.1 Å². The van der Waals surface area contributed by atoms with Gasteiger partial charge >= 0.3 is 5.97 Å².